The summed E-state index contributed by atoms with van der Waals surface area (Å²) in [6.07, 6.45) is 4.31. The maximum absolute atomic E-state index is 12.3. The first-order valence-corrected chi connectivity index (χ1v) is 10.8. The Labute approximate surface area is 182 Å². The molecule has 2 aliphatic rings. The van der Waals surface area contributed by atoms with E-state index in [4.69, 9.17) is 14.2 Å². The largest absolute Gasteiger partial charge is 0.457 e. The molecule has 0 aromatic heterocycles. The van der Waals surface area contributed by atoms with Gasteiger partial charge in [-0.25, -0.2) is 0 Å². The van der Waals surface area contributed by atoms with Crippen molar-refractivity contribution in [1.29, 1.82) is 0 Å². The molecule has 31 heavy (non-hydrogen) atoms. The standard InChI is InChI=1S/C24H28N2O5/c27-23(25-15-21-3-1-13-29-21)17-5-9-19(10-6-17)31-20-11-7-18(8-12-20)24(28)26-16-22-4-2-14-30-22/h5-12,21-22H,1-4,13-16H2,(H,25,27)(H,26,28)/t21-,22+. The van der Waals surface area contributed by atoms with E-state index in [0.29, 0.717) is 35.7 Å². The molecule has 2 saturated heterocycles. The Kier molecular flexibility index (Phi) is 7.17. The Balaban J connectivity index is 1.25. The molecular formula is C24H28N2O5. The molecule has 2 heterocycles. The van der Waals surface area contributed by atoms with Crippen LogP contribution in [-0.2, 0) is 9.47 Å². The Bertz CT molecular complexity index is 796. The van der Waals surface area contributed by atoms with Gasteiger partial charge < -0.3 is 24.8 Å². The monoisotopic (exact) mass is 424 g/mol. The van der Waals surface area contributed by atoms with Crippen molar-refractivity contribution in [2.45, 2.75) is 37.9 Å². The van der Waals surface area contributed by atoms with Gasteiger partial charge in [-0.05, 0) is 74.2 Å². The molecule has 164 valence electrons. The number of ether oxygens (including phenoxy) is 3. The molecule has 0 aliphatic carbocycles. The Morgan fingerprint density at radius 3 is 1.52 bits per heavy atom. The number of carbonyl (C=O) groups is 2. The third-order valence-corrected chi connectivity index (χ3v) is 5.50. The van der Waals surface area contributed by atoms with Crippen LogP contribution in [0, 0.1) is 0 Å². The van der Waals surface area contributed by atoms with Crippen LogP contribution in [0.5, 0.6) is 11.5 Å². The number of hydrogen-bond acceptors (Lipinski definition) is 5. The fraction of sp³-hybridized carbons (Fsp3) is 0.417. The van der Waals surface area contributed by atoms with Crippen molar-refractivity contribution in [3.05, 3.63) is 59.7 Å². The van der Waals surface area contributed by atoms with Crippen LogP contribution >= 0.6 is 0 Å². The second-order valence-corrected chi connectivity index (χ2v) is 7.84. The summed E-state index contributed by atoms with van der Waals surface area (Å²) in [6, 6.07) is 13.9. The van der Waals surface area contributed by atoms with E-state index in [-0.39, 0.29) is 24.0 Å². The van der Waals surface area contributed by atoms with Crippen molar-refractivity contribution in [3.63, 3.8) is 0 Å². The smallest absolute Gasteiger partial charge is 0.251 e. The van der Waals surface area contributed by atoms with Gasteiger partial charge in [-0.15, -0.1) is 0 Å². The van der Waals surface area contributed by atoms with Gasteiger partial charge in [0.15, 0.2) is 0 Å². The SMILES string of the molecule is O=C(NC[C@H]1CCCO1)c1ccc(Oc2ccc(C(=O)NC[C@@H]3CCCO3)cc2)cc1. The first-order chi connectivity index (χ1) is 15.2. The van der Waals surface area contributed by atoms with Gasteiger partial charge in [0.1, 0.15) is 11.5 Å². The minimum absolute atomic E-state index is 0.118. The van der Waals surface area contributed by atoms with Gasteiger partial charge in [0.2, 0.25) is 0 Å². The second-order valence-electron chi connectivity index (χ2n) is 7.84. The highest BCUT2D eigenvalue weighted by Crippen LogP contribution is 2.22. The highest BCUT2D eigenvalue weighted by molar-refractivity contribution is 5.94. The molecule has 0 bridgehead atoms. The molecule has 7 nitrogen and oxygen atoms in total. The molecule has 0 unspecified atom stereocenters. The van der Waals surface area contributed by atoms with E-state index in [1.165, 1.54) is 0 Å². The summed E-state index contributed by atoms with van der Waals surface area (Å²) in [4.78, 5) is 24.5. The molecule has 2 atom stereocenters. The lowest BCUT2D eigenvalue weighted by Crippen LogP contribution is -2.31. The molecule has 4 rings (SSSR count). The lowest BCUT2D eigenvalue weighted by Gasteiger charge is -2.12. The minimum atomic E-state index is -0.125. The summed E-state index contributed by atoms with van der Waals surface area (Å²) >= 11 is 0. The van der Waals surface area contributed by atoms with E-state index in [1.54, 1.807) is 48.5 Å². The Morgan fingerprint density at radius 2 is 1.16 bits per heavy atom. The van der Waals surface area contributed by atoms with E-state index >= 15 is 0 Å². The van der Waals surface area contributed by atoms with Gasteiger partial charge in [-0.2, -0.15) is 0 Å². The fourth-order valence-electron chi connectivity index (χ4n) is 3.71. The van der Waals surface area contributed by atoms with Crippen molar-refractivity contribution in [2.75, 3.05) is 26.3 Å². The normalized spacial score (nSPS) is 20.4. The fourth-order valence-corrected chi connectivity index (χ4v) is 3.71. The van der Waals surface area contributed by atoms with Crippen molar-refractivity contribution in [3.8, 4) is 11.5 Å². The van der Waals surface area contributed by atoms with E-state index < -0.39 is 0 Å². The van der Waals surface area contributed by atoms with Crippen LogP contribution in [-0.4, -0.2) is 50.3 Å². The van der Waals surface area contributed by atoms with E-state index in [9.17, 15) is 9.59 Å². The molecule has 2 aliphatic heterocycles. The first kappa shape index (κ1) is 21.3. The third kappa shape index (κ3) is 6.06. The van der Waals surface area contributed by atoms with E-state index in [0.717, 1.165) is 38.9 Å². The van der Waals surface area contributed by atoms with Crippen molar-refractivity contribution in [2.24, 2.45) is 0 Å². The zero-order valence-electron chi connectivity index (χ0n) is 17.5. The van der Waals surface area contributed by atoms with Crippen LogP contribution in [0.15, 0.2) is 48.5 Å². The van der Waals surface area contributed by atoms with Crippen molar-refractivity contribution < 1.29 is 23.8 Å². The molecule has 0 spiro atoms. The summed E-state index contributed by atoms with van der Waals surface area (Å²) in [5, 5.41) is 5.81. The van der Waals surface area contributed by atoms with Crippen molar-refractivity contribution in [1.82, 2.24) is 10.6 Å². The molecule has 7 heteroatoms. The number of rotatable bonds is 8. The molecule has 0 saturated carbocycles. The molecule has 2 N–H and O–H groups in total. The van der Waals surface area contributed by atoms with Crippen LogP contribution in [0.4, 0.5) is 0 Å². The molecule has 2 aromatic rings. The predicted octanol–water partition coefficient (Wildman–Crippen LogP) is 3.30. The Morgan fingerprint density at radius 1 is 0.742 bits per heavy atom. The minimum Gasteiger partial charge on any atom is -0.457 e. The first-order valence-electron chi connectivity index (χ1n) is 10.8. The number of nitrogens with one attached hydrogen (secondary N) is 2. The maximum atomic E-state index is 12.3. The number of carbonyl (C=O) groups excluding carboxylic acids is 2. The van der Waals surface area contributed by atoms with Crippen LogP contribution in [0.1, 0.15) is 46.4 Å². The molecule has 2 fully saturated rings. The van der Waals surface area contributed by atoms with Crippen LogP contribution < -0.4 is 15.4 Å². The van der Waals surface area contributed by atoms with Gasteiger partial charge in [0.25, 0.3) is 11.8 Å². The highest BCUT2D eigenvalue weighted by atomic mass is 16.5. The number of hydrogen-bond donors (Lipinski definition) is 2. The lowest BCUT2D eigenvalue weighted by molar-refractivity contribution is 0.0854. The third-order valence-electron chi connectivity index (χ3n) is 5.50. The zero-order valence-corrected chi connectivity index (χ0v) is 17.5. The molecule has 0 radical (unpaired) electrons. The summed E-state index contributed by atoms with van der Waals surface area (Å²) in [6.45, 7) is 2.61. The molecule has 2 aromatic carbocycles. The second kappa shape index (κ2) is 10.4. The zero-order chi connectivity index (χ0) is 21.5. The quantitative estimate of drug-likeness (QED) is 0.679. The van der Waals surface area contributed by atoms with Crippen LogP contribution in [0.3, 0.4) is 0 Å². The summed E-state index contributed by atoms with van der Waals surface area (Å²) < 4.78 is 16.9. The van der Waals surface area contributed by atoms with E-state index in [2.05, 4.69) is 10.6 Å². The lowest BCUT2D eigenvalue weighted by atomic mass is 10.2. The Hall–Kier alpha value is -2.90. The van der Waals surface area contributed by atoms with Gasteiger partial charge >= 0.3 is 0 Å². The number of amides is 2. The molecule has 2 amide bonds. The topological polar surface area (TPSA) is 85.9 Å². The molecular weight excluding hydrogens is 396 g/mol. The average molecular weight is 424 g/mol. The van der Waals surface area contributed by atoms with Crippen LogP contribution in [0.25, 0.3) is 0 Å². The maximum Gasteiger partial charge on any atom is 0.251 e. The summed E-state index contributed by atoms with van der Waals surface area (Å²) in [7, 11) is 0. The van der Waals surface area contributed by atoms with Gasteiger partial charge in [0.05, 0.1) is 12.2 Å². The summed E-state index contributed by atoms with van der Waals surface area (Å²) in [5.41, 5.74) is 1.15. The number of benzene rings is 2. The van der Waals surface area contributed by atoms with Gasteiger partial charge in [0, 0.05) is 37.4 Å². The van der Waals surface area contributed by atoms with Gasteiger partial charge in [-0.3, -0.25) is 9.59 Å². The predicted molar refractivity (Wildman–Crippen MR) is 116 cm³/mol. The average Bonchev–Trinajstić information content (AvgIpc) is 3.51. The summed E-state index contributed by atoms with van der Waals surface area (Å²) in [5.74, 6) is 0.985. The van der Waals surface area contributed by atoms with Crippen molar-refractivity contribution >= 4 is 11.8 Å². The van der Waals surface area contributed by atoms with Gasteiger partial charge in [-0.1, -0.05) is 0 Å². The highest BCUT2D eigenvalue weighted by Gasteiger charge is 2.17. The van der Waals surface area contributed by atoms with Crippen LogP contribution in [0.2, 0.25) is 0 Å². The van der Waals surface area contributed by atoms with E-state index in [1.807, 2.05) is 0 Å².